The number of likely N-dealkylation sites (N-methyl/N-ethyl adjacent to an activating group) is 1. The molecular weight excluding hydrogens is 194 g/mol. The summed E-state index contributed by atoms with van der Waals surface area (Å²) in [5, 5.41) is 12.9. The van der Waals surface area contributed by atoms with E-state index in [1.54, 1.807) is 0 Å². The van der Waals surface area contributed by atoms with Gasteiger partial charge in [0.2, 0.25) is 5.89 Å². The predicted molar refractivity (Wildman–Crippen MR) is 54.3 cm³/mol. The third-order valence-corrected chi connectivity index (χ3v) is 2.83. The lowest BCUT2D eigenvalue weighted by Crippen LogP contribution is -2.31. The van der Waals surface area contributed by atoms with Crippen molar-refractivity contribution in [2.75, 3.05) is 13.7 Å². The smallest absolute Gasteiger partial charge is 0.240 e. The third-order valence-electron chi connectivity index (χ3n) is 2.83. The van der Waals surface area contributed by atoms with Crippen LogP contribution in [0.5, 0.6) is 0 Å². The third kappa shape index (κ3) is 2.54. The predicted octanol–water partition coefficient (Wildman–Crippen LogP) is 0.760. The van der Waals surface area contributed by atoms with Crippen LogP contribution in [0.25, 0.3) is 0 Å². The summed E-state index contributed by atoms with van der Waals surface area (Å²) in [5.74, 6) is 2.01. The topological polar surface area (TPSA) is 62.4 Å². The zero-order chi connectivity index (χ0) is 10.8. The molecular formula is C10H17N3O2. The Morgan fingerprint density at radius 1 is 1.60 bits per heavy atom. The fraction of sp³-hybridized carbons (Fsp3) is 0.800. The standard InChI is InChI=1S/C10H17N3O2/c1-7(6-14)13(2)5-9-11-10(12-15-9)8-3-4-8/h7-8,14H,3-6H2,1-2H3. The van der Waals surface area contributed by atoms with Gasteiger partial charge in [-0.15, -0.1) is 0 Å². The van der Waals surface area contributed by atoms with Crippen molar-refractivity contribution in [1.29, 1.82) is 0 Å². The Bertz CT molecular complexity index is 322. The molecule has 2 rings (SSSR count). The van der Waals surface area contributed by atoms with Crippen molar-refractivity contribution in [2.45, 2.75) is 38.3 Å². The highest BCUT2D eigenvalue weighted by Gasteiger charge is 2.28. The summed E-state index contributed by atoms with van der Waals surface area (Å²) in [4.78, 5) is 6.32. The van der Waals surface area contributed by atoms with Gasteiger partial charge in [-0.3, -0.25) is 4.90 Å². The number of rotatable bonds is 5. The SMILES string of the molecule is CC(CO)N(C)Cc1nc(C2CC2)no1. The van der Waals surface area contributed by atoms with Gasteiger partial charge in [0, 0.05) is 12.0 Å². The molecule has 0 spiro atoms. The van der Waals surface area contributed by atoms with Crippen LogP contribution in [-0.4, -0.2) is 39.8 Å². The summed E-state index contributed by atoms with van der Waals surface area (Å²) >= 11 is 0. The van der Waals surface area contributed by atoms with Crippen molar-refractivity contribution >= 4 is 0 Å². The molecule has 0 aliphatic heterocycles. The molecule has 0 aromatic carbocycles. The molecule has 1 aromatic rings. The minimum Gasteiger partial charge on any atom is -0.395 e. The number of hydrogen-bond donors (Lipinski definition) is 1. The average Bonchev–Trinajstić information content (AvgIpc) is 2.99. The Labute approximate surface area is 89.1 Å². The molecule has 1 aliphatic carbocycles. The summed E-state index contributed by atoms with van der Waals surface area (Å²) < 4.78 is 5.15. The van der Waals surface area contributed by atoms with Crippen LogP contribution in [0.3, 0.4) is 0 Å². The molecule has 5 heteroatoms. The fourth-order valence-electron chi connectivity index (χ4n) is 1.35. The first-order valence-electron chi connectivity index (χ1n) is 5.34. The molecule has 1 N–H and O–H groups in total. The molecule has 0 amide bonds. The van der Waals surface area contributed by atoms with Crippen LogP contribution in [0.15, 0.2) is 4.52 Å². The molecule has 1 aromatic heterocycles. The minimum atomic E-state index is 0.112. The van der Waals surface area contributed by atoms with Crippen LogP contribution in [-0.2, 0) is 6.54 Å². The molecule has 15 heavy (non-hydrogen) atoms. The van der Waals surface area contributed by atoms with Crippen LogP contribution >= 0.6 is 0 Å². The van der Waals surface area contributed by atoms with Gasteiger partial charge in [-0.05, 0) is 26.8 Å². The Morgan fingerprint density at radius 2 is 2.33 bits per heavy atom. The second-order valence-corrected chi connectivity index (χ2v) is 4.27. The van der Waals surface area contributed by atoms with Gasteiger partial charge in [0.15, 0.2) is 5.82 Å². The van der Waals surface area contributed by atoms with E-state index in [4.69, 9.17) is 9.63 Å². The molecule has 84 valence electrons. The Morgan fingerprint density at radius 3 is 2.93 bits per heavy atom. The number of aliphatic hydroxyl groups excluding tert-OH is 1. The van der Waals surface area contributed by atoms with Gasteiger partial charge in [0.1, 0.15) is 0 Å². The monoisotopic (exact) mass is 211 g/mol. The van der Waals surface area contributed by atoms with Crippen molar-refractivity contribution in [3.05, 3.63) is 11.7 Å². The van der Waals surface area contributed by atoms with E-state index in [0.29, 0.717) is 18.4 Å². The Kier molecular flexibility index (Phi) is 3.02. The zero-order valence-corrected chi connectivity index (χ0v) is 9.18. The summed E-state index contributed by atoms with van der Waals surface area (Å²) in [6.45, 7) is 2.69. The summed E-state index contributed by atoms with van der Waals surface area (Å²) in [6.07, 6.45) is 2.36. The van der Waals surface area contributed by atoms with Gasteiger partial charge in [0.05, 0.1) is 13.2 Å². The number of nitrogens with zero attached hydrogens (tertiary/aromatic N) is 3. The maximum Gasteiger partial charge on any atom is 0.240 e. The van der Waals surface area contributed by atoms with Gasteiger partial charge >= 0.3 is 0 Å². The number of hydrogen-bond acceptors (Lipinski definition) is 5. The van der Waals surface area contributed by atoms with E-state index >= 15 is 0 Å². The molecule has 1 fully saturated rings. The lowest BCUT2D eigenvalue weighted by Gasteiger charge is -2.20. The molecule has 1 heterocycles. The second kappa shape index (κ2) is 4.28. The van der Waals surface area contributed by atoms with Crippen LogP contribution in [0.2, 0.25) is 0 Å². The first-order chi connectivity index (χ1) is 7.20. The molecule has 5 nitrogen and oxygen atoms in total. The van der Waals surface area contributed by atoms with Crippen molar-refractivity contribution < 1.29 is 9.63 Å². The number of aliphatic hydroxyl groups is 1. The minimum absolute atomic E-state index is 0.112. The van der Waals surface area contributed by atoms with E-state index in [0.717, 1.165) is 5.82 Å². The Hall–Kier alpha value is -0.940. The fourth-order valence-corrected chi connectivity index (χ4v) is 1.35. The maximum atomic E-state index is 8.98. The van der Waals surface area contributed by atoms with Gasteiger partial charge in [-0.2, -0.15) is 4.98 Å². The van der Waals surface area contributed by atoms with Crippen molar-refractivity contribution in [3.63, 3.8) is 0 Å². The highest BCUT2D eigenvalue weighted by Crippen LogP contribution is 2.38. The van der Waals surface area contributed by atoms with Gasteiger partial charge in [-0.25, -0.2) is 0 Å². The maximum absolute atomic E-state index is 8.98. The van der Waals surface area contributed by atoms with Gasteiger partial charge < -0.3 is 9.63 Å². The molecule has 1 atom stereocenters. The van der Waals surface area contributed by atoms with Crippen molar-refractivity contribution in [3.8, 4) is 0 Å². The van der Waals surface area contributed by atoms with Gasteiger partial charge in [0.25, 0.3) is 0 Å². The lowest BCUT2D eigenvalue weighted by atomic mass is 10.3. The van der Waals surface area contributed by atoms with E-state index in [2.05, 4.69) is 10.1 Å². The second-order valence-electron chi connectivity index (χ2n) is 4.27. The highest BCUT2D eigenvalue weighted by molar-refractivity contribution is 5.03. The first kappa shape index (κ1) is 10.6. The normalized spacial score (nSPS) is 18.4. The van der Waals surface area contributed by atoms with Crippen molar-refractivity contribution in [1.82, 2.24) is 15.0 Å². The highest BCUT2D eigenvalue weighted by atomic mass is 16.5. The van der Waals surface area contributed by atoms with E-state index in [-0.39, 0.29) is 12.6 Å². The molecule has 1 unspecified atom stereocenters. The quantitative estimate of drug-likeness (QED) is 0.779. The largest absolute Gasteiger partial charge is 0.395 e. The number of aromatic nitrogens is 2. The molecule has 0 radical (unpaired) electrons. The van der Waals surface area contributed by atoms with E-state index in [1.165, 1.54) is 12.8 Å². The summed E-state index contributed by atoms with van der Waals surface area (Å²) in [6, 6.07) is 0.112. The lowest BCUT2D eigenvalue weighted by molar-refractivity contribution is 0.142. The Balaban J connectivity index is 1.91. The molecule has 0 bridgehead atoms. The van der Waals surface area contributed by atoms with E-state index in [1.807, 2.05) is 18.9 Å². The zero-order valence-electron chi connectivity index (χ0n) is 9.18. The van der Waals surface area contributed by atoms with Crippen molar-refractivity contribution in [2.24, 2.45) is 0 Å². The van der Waals surface area contributed by atoms with E-state index < -0.39 is 0 Å². The summed E-state index contributed by atoms with van der Waals surface area (Å²) in [5.41, 5.74) is 0. The molecule has 1 saturated carbocycles. The van der Waals surface area contributed by atoms with Gasteiger partial charge in [-0.1, -0.05) is 5.16 Å². The van der Waals surface area contributed by atoms with E-state index in [9.17, 15) is 0 Å². The molecule has 0 saturated heterocycles. The van der Waals surface area contributed by atoms with Crippen LogP contribution in [0.4, 0.5) is 0 Å². The van der Waals surface area contributed by atoms with Crippen LogP contribution < -0.4 is 0 Å². The van der Waals surface area contributed by atoms with Crippen LogP contribution in [0.1, 0.15) is 37.4 Å². The van der Waals surface area contributed by atoms with Crippen LogP contribution in [0, 0.1) is 0 Å². The summed E-state index contributed by atoms with van der Waals surface area (Å²) in [7, 11) is 1.93. The first-order valence-corrected chi connectivity index (χ1v) is 5.34. The average molecular weight is 211 g/mol. The molecule has 1 aliphatic rings.